The monoisotopic (exact) mass is 325 g/mol. The van der Waals surface area contributed by atoms with Crippen LogP contribution in [-0.2, 0) is 6.54 Å². The minimum absolute atomic E-state index is 0.00217. The first-order valence-corrected chi connectivity index (χ1v) is 7.53. The van der Waals surface area contributed by atoms with Gasteiger partial charge in [-0.2, -0.15) is 5.26 Å². The van der Waals surface area contributed by atoms with Crippen molar-refractivity contribution in [3.8, 4) is 6.07 Å². The van der Waals surface area contributed by atoms with Gasteiger partial charge in [0.2, 0.25) is 5.82 Å². The minimum atomic E-state index is -0.575. The van der Waals surface area contributed by atoms with Gasteiger partial charge in [0.25, 0.3) is 0 Å². The quantitative estimate of drug-likeness (QED) is 0.621. The van der Waals surface area contributed by atoms with E-state index in [0.717, 1.165) is 6.54 Å². The van der Waals surface area contributed by atoms with Gasteiger partial charge in [-0.25, -0.2) is 4.98 Å². The molecule has 0 radical (unpaired) electrons. The molecule has 0 saturated carbocycles. The predicted octanol–water partition coefficient (Wildman–Crippen LogP) is 2.79. The molecular formula is C17H19N5O2. The summed E-state index contributed by atoms with van der Waals surface area (Å²) >= 11 is 0. The van der Waals surface area contributed by atoms with Crippen LogP contribution in [0.2, 0.25) is 0 Å². The van der Waals surface area contributed by atoms with Gasteiger partial charge in [0, 0.05) is 25.3 Å². The minimum Gasteiger partial charge on any atom is -0.361 e. The molecule has 124 valence electrons. The van der Waals surface area contributed by atoms with Crippen molar-refractivity contribution in [2.45, 2.75) is 19.5 Å². The second kappa shape index (κ2) is 8.04. The summed E-state index contributed by atoms with van der Waals surface area (Å²) in [5.41, 5.74) is 0.919. The Hall–Kier alpha value is -2.98. The molecule has 24 heavy (non-hydrogen) atoms. The van der Waals surface area contributed by atoms with Crippen molar-refractivity contribution < 1.29 is 4.92 Å². The van der Waals surface area contributed by atoms with E-state index in [2.05, 4.69) is 27.3 Å². The molecule has 7 nitrogen and oxygen atoms in total. The van der Waals surface area contributed by atoms with E-state index < -0.39 is 4.92 Å². The molecule has 2 rings (SSSR count). The summed E-state index contributed by atoms with van der Waals surface area (Å²) in [6, 6.07) is 13.2. The molecule has 0 aliphatic heterocycles. The van der Waals surface area contributed by atoms with E-state index in [9.17, 15) is 10.1 Å². The molecule has 1 atom stereocenters. The maximum absolute atomic E-state index is 11.2. The Morgan fingerprint density at radius 2 is 2.08 bits per heavy atom. The van der Waals surface area contributed by atoms with E-state index in [1.165, 1.54) is 17.8 Å². The van der Waals surface area contributed by atoms with Crippen molar-refractivity contribution in [1.29, 1.82) is 5.26 Å². The summed E-state index contributed by atoms with van der Waals surface area (Å²) in [5, 5.41) is 23.3. The van der Waals surface area contributed by atoms with Crippen LogP contribution in [0.4, 0.5) is 11.5 Å². The lowest BCUT2D eigenvalue weighted by molar-refractivity contribution is -0.384. The number of hydrogen-bond donors (Lipinski definition) is 1. The predicted molar refractivity (Wildman–Crippen MR) is 91.5 cm³/mol. The van der Waals surface area contributed by atoms with E-state index in [-0.39, 0.29) is 23.1 Å². The number of likely N-dealkylation sites (N-methyl/N-ethyl adjacent to an activating group) is 1. The first-order valence-electron chi connectivity index (χ1n) is 7.53. The lowest BCUT2D eigenvalue weighted by atomic mass is 10.2. The Morgan fingerprint density at radius 1 is 1.38 bits per heavy atom. The highest BCUT2D eigenvalue weighted by Crippen LogP contribution is 2.26. The Morgan fingerprint density at radius 3 is 2.71 bits per heavy atom. The Balaban J connectivity index is 2.03. The van der Waals surface area contributed by atoms with Crippen LogP contribution in [0.15, 0.2) is 42.6 Å². The van der Waals surface area contributed by atoms with Crippen LogP contribution in [0.1, 0.15) is 18.1 Å². The zero-order valence-corrected chi connectivity index (χ0v) is 13.6. The summed E-state index contributed by atoms with van der Waals surface area (Å²) in [6.07, 6.45) is 1.40. The lowest BCUT2D eigenvalue weighted by Gasteiger charge is -2.22. The number of nitriles is 1. The van der Waals surface area contributed by atoms with Crippen molar-refractivity contribution >= 4 is 11.5 Å². The van der Waals surface area contributed by atoms with E-state index in [1.54, 1.807) is 0 Å². The number of hydrogen-bond acceptors (Lipinski definition) is 6. The highest BCUT2D eigenvalue weighted by Gasteiger charge is 2.22. The molecule has 0 fully saturated rings. The second-order valence-electron chi connectivity index (χ2n) is 5.65. The molecular weight excluding hydrogens is 306 g/mol. The highest BCUT2D eigenvalue weighted by atomic mass is 16.6. The molecule has 1 unspecified atom stereocenters. The number of pyridine rings is 1. The standard InChI is InChI=1S/C17H19N5O2/c1-13(11-21(2)12-14-6-4-3-5-7-14)20-17-16(22(23)24)15(10-18)8-9-19-17/h3-9,13H,11-12H2,1-2H3,(H,19,20). The number of nitrogens with zero attached hydrogens (tertiary/aromatic N) is 4. The van der Waals surface area contributed by atoms with Crippen LogP contribution >= 0.6 is 0 Å². The highest BCUT2D eigenvalue weighted by molar-refractivity contribution is 5.64. The average Bonchev–Trinajstić information content (AvgIpc) is 2.54. The summed E-state index contributed by atoms with van der Waals surface area (Å²) in [7, 11) is 1.98. The maximum atomic E-state index is 11.2. The Labute approximate surface area is 140 Å². The fourth-order valence-electron chi connectivity index (χ4n) is 2.54. The van der Waals surface area contributed by atoms with Gasteiger partial charge in [-0.1, -0.05) is 30.3 Å². The third kappa shape index (κ3) is 4.51. The van der Waals surface area contributed by atoms with Gasteiger partial charge in [-0.3, -0.25) is 10.1 Å². The largest absolute Gasteiger partial charge is 0.361 e. The molecule has 0 aliphatic rings. The molecule has 1 aromatic heterocycles. The normalized spacial score (nSPS) is 11.8. The van der Waals surface area contributed by atoms with Gasteiger partial charge < -0.3 is 10.2 Å². The van der Waals surface area contributed by atoms with Crippen LogP contribution in [0, 0.1) is 21.4 Å². The van der Waals surface area contributed by atoms with Crippen LogP contribution in [-0.4, -0.2) is 34.4 Å². The number of anilines is 1. The third-order valence-electron chi connectivity index (χ3n) is 3.49. The summed E-state index contributed by atoms with van der Waals surface area (Å²) in [4.78, 5) is 16.8. The SMILES string of the molecule is CC(CN(C)Cc1ccccc1)Nc1nccc(C#N)c1[N+](=O)[O-]. The van der Waals surface area contributed by atoms with Crippen LogP contribution < -0.4 is 5.32 Å². The Bertz CT molecular complexity index is 742. The number of nitro groups is 1. The van der Waals surface area contributed by atoms with Gasteiger partial charge >= 0.3 is 5.69 Å². The van der Waals surface area contributed by atoms with E-state index >= 15 is 0 Å². The first-order chi connectivity index (χ1) is 11.5. The number of rotatable bonds is 7. The topological polar surface area (TPSA) is 95.1 Å². The summed E-state index contributed by atoms with van der Waals surface area (Å²) in [5.74, 6) is 0.125. The molecule has 0 spiro atoms. The smallest absolute Gasteiger partial charge is 0.328 e. The Kier molecular flexibility index (Phi) is 5.82. The van der Waals surface area contributed by atoms with Gasteiger partial charge in [0.15, 0.2) is 0 Å². The molecule has 2 aromatic rings. The summed E-state index contributed by atoms with van der Waals surface area (Å²) in [6.45, 7) is 3.37. The van der Waals surface area contributed by atoms with Crippen molar-refractivity contribution in [1.82, 2.24) is 9.88 Å². The van der Waals surface area contributed by atoms with Gasteiger partial charge in [0.05, 0.1) is 4.92 Å². The van der Waals surface area contributed by atoms with Crippen molar-refractivity contribution in [3.63, 3.8) is 0 Å². The van der Waals surface area contributed by atoms with Crippen molar-refractivity contribution in [2.24, 2.45) is 0 Å². The zero-order valence-electron chi connectivity index (χ0n) is 13.6. The molecule has 1 N–H and O–H groups in total. The fourth-order valence-corrected chi connectivity index (χ4v) is 2.54. The molecule has 7 heteroatoms. The lowest BCUT2D eigenvalue weighted by Crippen LogP contribution is -2.32. The second-order valence-corrected chi connectivity index (χ2v) is 5.65. The maximum Gasteiger partial charge on any atom is 0.328 e. The zero-order chi connectivity index (χ0) is 17.5. The van der Waals surface area contributed by atoms with Gasteiger partial charge in [0.1, 0.15) is 11.6 Å². The van der Waals surface area contributed by atoms with Crippen molar-refractivity contribution in [3.05, 3.63) is 63.8 Å². The average molecular weight is 325 g/mol. The number of benzene rings is 1. The van der Waals surface area contributed by atoms with Crippen LogP contribution in [0.25, 0.3) is 0 Å². The van der Waals surface area contributed by atoms with Gasteiger partial charge in [-0.15, -0.1) is 0 Å². The van der Waals surface area contributed by atoms with E-state index in [0.29, 0.717) is 6.54 Å². The third-order valence-corrected chi connectivity index (χ3v) is 3.49. The molecule has 0 bridgehead atoms. The molecule has 0 amide bonds. The molecule has 0 saturated heterocycles. The number of aromatic nitrogens is 1. The molecule has 1 heterocycles. The van der Waals surface area contributed by atoms with E-state index in [4.69, 9.17) is 5.26 Å². The van der Waals surface area contributed by atoms with Crippen LogP contribution in [0.3, 0.4) is 0 Å². The molecule has 1 aromatic carbocycles. The van der Waals surface area contributed by atoms with Crippen molar-refractivity contribution in [2.75, 3.05) is 18.9 Å². The fraction of sp³-hybridized carbons (Fsp3) is 0.294. The van der Waals surface area contributed by atoms with Gasteiger partial charge in [-0.05, 0) is 25.6 Å². The van der Waals surface area contributed by atoms with E-state index in [1.807, 2.05) is 38.2 Å². The summed E-state index contributed by atoms with van der Waals surface area (Å²) < 4.78 is 0. The molecule has 0 aliphatic carbocycles. The number of nitrogens with one attached hydrogen (secondary N) is 1. The first kappa shape index (κ1) is 17.4. The van der Waals surface area contributed by atoms with Crippen LogP contribution in [0.5, 0.6) is 0 Å².